The highest BCUT2D eigenvalue weighted by atomic mass is 16.4. The molecule has 1 fully saturated rings. The molecule has 5 heteroatoms. The van der Waals surface area contributed by atoms with Crippen LogP contribution in [0.3, 0.4) is 0 Å². The predicted octanol–water partition coefficient (Wildman–Crippen LogP) is 0.435. The second-order valence-electron chi connectivity index (χ2n) is 4.76. The smallest absolute Gasteiger partial charge is 0.323 e. The van der Waals surface area contributed by atoms with Gasteiger partial charge in [0.25, 0.3) is 0 Å². The maximum atomic E-state index is 11.9. The maximum absolute atomic E-state index is 11.9. The van der Waals surface area contributed by atoms with Crippen LogP contribution in [0.15, 0.2) is 0 Å². The zero-order valence-electron chi connectivity index (χ0n) is 9.85. The van der Waals surface area contributed by atoms with Crippen LogP contribution in [0.25, 0.3) is 0 Å². The number of nitrogens with zero attached hydrogens (tertiary/aromatic N) is 1. The van der Waals surface area contributed by atoms with Gasteiger partial charge in [-0.15, -0.1) is 0 Å². The number of carbonyl (C=O) groups excluding carboxylic acids is 1. The number of amides is 1. The summed E-state index contributed by atoms with van der Waals surface area (Å²) in [7, 11) is 0. The van der Waals surface area contributed by atoms with E-state index in [4.69, 9.17) is 10.8 Å². The first kappa shape index (κ1) is 13.0. The molecule has 5 nitrogen and oxygen atoms in total. The monoisotopic (exact) mass is 228 g/mol. The van der Waals surface area contributed by atoms with Gasteiger partial charge in [-0.3, -0.25) is 9.59 Å². The van der Waals surface area contributed by atoms with Crippen LogP contribution in [0.4, 0.5) is 0 Å². The van der Waals surface area contributed by atoms with E-state index in [0.29, 0.717) is 0 Å². The molecule has 1 unspecified atom stereocenters. The van der Waals surface area contributed by atoms with Crippen molar-refractivity contribution in [3.8, 4) is 0 Å². The van der Waals surface area contributed by atoms with Crippen LogP contribution in [-0.2, 0) is 9.59 Å². The summed E-state index contributed by atoms with van der Waals surface area (Å²) in [6.07, 6.45) is 2.06. The minimum absolute atomic E-state index is 0.128. The molecule has 3 N–H and O–H groups in total. The fraction of sp³-hybridized carbons (Fsp3) is 0.818. The van der Waals surface area contributed by atoms with Gasteiger partial charge in [0.2, 0.25) is 5.91 Å². The number of carbonyl (C=O) groups is 2. The second kappa shape index (κ2) is 5.30. The Morgan fingerprint density at radius 3 is 2.38 bits per heavy atom. The average molecular weight is 228 g/mol. The molecule has 1 saturated carbocycles. The summed E-state index contributed by atoms with van der Waals surface area (Å²) in [5, 5.41) is 8.73. The van der Waals surface area contributed by atoms with E-state index in [9.17, 15) is 9.59 Å². The van der Waals surface area contributed by atoms with Gasteiger partial charge < -0.3 is 15.7 Å². The molecule has 92 valence electrons. The highest BCUT2D eigenvalue weighted by Crippen LogP contribution is 2.27. The van der Waals surface area contributed by atoms with Crippen molar-refractivity contribution in [3.05, 3.63) is 0 Å². The number of hydrogen-bond donors (Lipinski definition) is 2. The Balaban J connectivity index is 2.50. The third-order valence-electron chi connectivity index (χ3n) is 2.88. The van der Waals surface area contributed by atoms with E-state index in [2.05, 4.69) is 0 Å². The van der Waals surface area contributed by atoms with Crippen molar-refractivity contribution < 1.29 is 14.7 Å². The Morgan fingerprint density at radius 1 is 1.44 bits per heavy atom. The van der Waals surface area contributed by atoms with Crippen molar-refractivity contribution in [1.29, 1.82) is 0 Å². The van der Waals surface area contributed by atoms with Gasteiger partial charge in [-0.1, -0.05) is 13.8 Å². The molecular formula is C11H20N2O3. The molecule has 1 aliphatic rings. The summed E-state index contributed by atoms with van der Waals surface area (Å²) >= 11 is 0. The zero-order chi connectivity index (χ0) is 12.3. The largest absolute Gasteiger partial charge is 0.480 e. The third kappa shape index (κ3) is 3.81. The minimum Gasteiger partial charge on any atom is -0.480 e. The summed E-state index contributed by atoms with van der Waals surface area (Å²) in [5.41, 5.74) is 5.81. The van der Waals surface area contributed by atoms with E-state index < -0.39 is 5.97 Å². The van der Waals surface area contributed by atoms with Crippen LogP contribution in [0.2, 0.25) is 0 Å². The van der Waals surface area contributed by atoms with Crippen molar-refractivity contribution in [3.63, 3.8) is 0 Å². The van der Waals surface area contributed by atoms with Gasteiger partial charge in [0, 0.05) is 18.5 Å². The van der Waals surface area contributed by atoms with Crippen molar-refractivity contribution >= 4 is 11.9 Å². The average Bonchev–Trinajstić information content (AvgIpc) is 2.96. The molecule has 0 spiro atoms. The summed E-state index contributed by atoms with van der Waals surface area (Å²) in [5.74, 6) is -0.862. The molecule has 1 aliphatic carbocycles. The molecule has 1 amide bonds. The van der Waals surface area contributed by atoms with Crippen LogP contribution in [0.1, 0.15) is 33.1 Å². The van der Waals surface area contributed by atoms with Crippen molar-refractivity contribution in [2.24, 2.45) is 11.7 Å². The van der Waals surface area contributed by atoms with Gasteiger partial charge in [0.1, 0.15) is 6.54 Å². The number of aliphatic carboxylic acids is 1. The summed E-state index contributed by atoms with van der Waals surface area (Å²) in [4.78, 5) is 23.9. The van der Waals surface area contributed by atoms with E-state index in [0.717, 1.165) is 12.8 Å². The van der Waals surface area contributed by atoms with Crippen LogP contribution in [0, 0.1) is 5.92 Å². The lowest BCUT2D eigenvalue weighted by Gasteiger charge is -2.23. The summed E-state index contributed by atoms with van der Waals surface area (Å²) in [6.45, 7) is 3.71. The fourth-order valence-electron chi connectivity index (χ4n) is 1.51. The quantitative estimate of drug-likeness (QED) is 0.690. The molecule has 0 aliphatic heterocycles. The molecule has 0 aromatic carbocycles. The second-order valence-corrected chi connectivity index (χ2v) is 4.76. The minimum atomic E-state index is -0.960. The molecule has 0 heterocycles. The first-order valence-corrected chi connectivity index (χ1v) is 5.68. The topological polar surface area (TPSA) is 83.6 Å². The van der Waals surface area contributed by atoms with Gasteiger partial charge in [-0.25, -0.2) is 0 Å². The first-order chi connectivity index (χ1) is 7.41. The van der Waals surface area contributed by atoms with E-state index in [1.807, 2.05) is 13.8 Å². The van der Waals surface area contributed by atoms with Gasteiger partial charge in [0.15, 0.2) is 0 Å². The number of carboxylic acids is 1. The lowest BCUT2D eigenvalue weighted by molar-refractivity contribution is -0.145. The SMILES string of the molecule is CC(C)C(N)CC(=O)N(CC(=O)O)C1CC1. The predicted molar refractivity (Wildman–Crippen MR) is 59.8 cm³/mol. The Morgan fingerprint density at radius 2 is 2.00 bits per heavy atom. The Labute approximate surface area is 95.6 Å². The molecular weight excluding hydrogens is 208 g/mol. The Kier molecular flexibility index (Phi) is 4.29. The zero-order valence-corrected chi connectivity index (χ0v) is 9.85. The summed E-state index contributed by atoms with van der Waals surface area (Å²) < 4.78 is 0. The first-order valence-electron chi connectivity index (χ1n) is 5.68. The molecule has 0 aromatic heterocycles. The lowest BCUT2D eigenvalue weighted by Crippen LogP contribution is -2.41. The van der Waals surface area contributed by atoms with Gasteiger partial charge in [-0.2, -0.15) is 0 Å². The number of nitrogens with two attached hydrogens (primary N) is 1. The van der Waals surface area contributed by atoms with E-state index >= 15 is 0 Å². The third-order valence-corrected chi connectivity index (χ3v) is 2.88. The molecule has 0 bridgehead atoms. The van der Waals surface area contributed by atoms with Gasteiger partial charge in [0.05, 0.1) is 0 Å². The highest BCUT2D eigenvalue weighted by molar-refractivity contribution is 5.82. The maximum Gasteiger partial charge on any atom is 0.323 e. The highest BCUT2D eigenvalue weighted by Gasteiger charge is 2.34. The van der Waals surface area contributed by atoms with E-state index in [1.54, 1.807) is 0 Å². The standard InChI is InChI=1S/C11H20N2O3/c1-7(2)9(12)5-10(14)13(6-11(15)16)8-3-4-8/h7-9H,3-6,12H2,1-2H3,(H,15,16). The van der Waals surface area contributed by atoms with Crippen LogP contribution < -0.4 is 5.73 Å². The van der Waals surface area contributed by atoms with Crippen LogP contribution in [-0.4, -0.2) is 40.5 Å². The van der Waals surface area contributed by atoms with Gasteiger partial charge >= 0.3 is 5.97 Å². The fourth-order valence-corrected chi connectivity index (χ4v) is 1.51. The van der Waals surface area contributed by atoms with Crippen molar-refractivity contribution in [1.82, 2.24) is 4.90 Å². The van der Waals surface area contributed by atoms with Crippen molar-refractivity contribution in [2.45, 2.75) is 45.2 Å². The van der Waals surface area contributed by atoms with Crippen LogP contribution >= 0.6 is 0 Å². The molecule has 0 radical (unpaired) electrons. The van der Waals surface area contributed by atoms with E-state index in [-0.39, 0.29) is 36.9 Å². The molecule has 0 saturated heterocycles. The normalized spacial score (nSPS) is 17.2. The Bertz CT molecular complexity index is 274. The lowest BCUT2D eigenvalue weighted by atomic mass is 10.0. The summed E-state index contributed by atoms with van der Waals surface area (Å²) in [6, 6.07) is -0.0643. The molecule has 1 rings (SSSR count). The molecule has 16 heavy (non-hydrogen) atoms. The number of rotatable bonds is 6. The van der Waals surface area contributed by atoms with Gasteiger partial charge in [-0.05, 0) is 18.8 Å². The number of hydrogen-bond acceptors (Lipinski definition) is 3. The van der Waals surface area contributed by atoms with E-state index in [1.165, 1.54) is 4.90 Å². The number of carboxylic acid groups (broad SMARTS) is 1. The molecule has 0 aromatic rings. The Hall–Kier alpha value is -1.10. The molecule has 1 atom stereocenters. The van der Waals surface area contributed by atoms with Crippen LogP contribution in [0.5, 0.6) is 0 Å². The van der Waals surface area contributed by atoms with Crippen molar-refractivity contribution in [2.75, 3.05) is 6.54 Å².